The van der Waals surface area contributed by atoms with Crippen molar-refractivity contribution in [3.8, 4) is 0 Å². The van der Waals surface area contributed by atoms with Crippen LogP contribution in [-0.4, -0.2) is 57.5 Å². The van der Waals surface area contributed by atoms with Crippen molar-refractivity contribution in [2.75, 3.05) is 19.8 Å². The fourth-order valence-corrected chi connectivity index (χ4v) is 10.4. The van der Waals surface area contributed by atoms with Crippen LogP contribution in [-0.2, 0) is 9.59 Å². The molecule has 4 nitrogen and oxygen atoms in total. The highest BCUT2D eigenvalue weighted by Gasteiger charge is 2.38. The van der Waals surface area contributed by atoms with Crippen molar-refractivity contribution in [2.45, 2.75) is 115 Å². The van der Waals surface area contributed by atoms with E-state index in [4.69, 9.17) is 0 Å². The molecule has 0 spiro atoms. The van der Waals surface area contributed by atoms with Gasteiger partial charge in [-0.3, -0.25) is 9.59 Å². The van der Waals surface area contributed by atoms with Gasteiger partial charge in [-0.25, -0.2) is 0 Å². The second-order valence-electron chi connectivity index (χ2n) is 12.9. The minimum Gasteiger partial charge on any atom is -0.325 e. The minimum absolute atomic E-state index is 0.190. The Kier molecular flexibility index (Phi) is 8.15. The molecule has 0 atom stereocenters. The van der Waals surface area contributed by atoms with Gasteiger partial charge in [0.2, 0.25) is 11.8 Å². The van der Waals surface area contributed by atoms with Gasteiger partial charge in [0.1, 0.15) is 0 Å². The van der Waals surface area contributed by atoms with Crippen LogP contribution in [0.3, 0.4) is 0 Å². The van der Waals surface area contributed by atoms with Crippen LogP contribution in [0, 0.1) is 11.8 Å². The Labute approximate surface area is 193 Å². The molecule has 0 unspecified atom stereocenters. The van der Waals surface area contributed by atoms with Crippen LogP contribution < -0.4 is 0 Å². The average molecular weight is 465 g/mol. The van der Waals surface area contributed by atoms with E-state index in [2.05, 4.69) is 39.3 Å². The van der Waals surface area contributed by atoms with Gasteiger partial charge in [-0.2, -0.15) is 0 Å². The second kappa shape index (κ2) is 10.1. The first-order chi connectivity index (χ1) is 14.5. The van der Waals surface area contributed by atoms with Crippen molar-refractivity contribution in [1.82, 2.24) is 9.80 Å². The van der Waals surface area contributed by atoms with Crippen LogP contribution in [0.1, 0.15) is 64.2 Å². The lowest BCUT2D eigenvalue weighted by molar-refractivity contribution is -0.144. The van der Waals surface area contributed by atoms with E-state index in [0.29, 0.717) is 18.5 Å². The van der Waals surface area contributed by atoms with Gasteiger partial charge >= 0.3 is 0 Å². The van der Waals surface area contributed by atoms with Gasteiger partial charge in [-0.1, -0.05) is 65.0 Å². The summed E-state index contributed by atoms with van der Waals surface area (Å²) < 4.78 is 0. The molecule has 2 amide bonds. The second-order valence-corrected chi connectivity index (χ2v) is 24.0. The van der Waals surface area contributed by atoms with E-state index in [1.54, 1.807) is 0 Å². The quantitative estimate of drug-likeness (QED) is 0.465. The van der Waals surface area contributed by atoms with Crippen LogP contribution in [0.4, 0.5) is 0 Å². The molecule has 1 heterocycles. The maximum atomic E-state index is 13.4. The zero-order valence-corrected chi connectivity index (χ0v) is 23.2. The lowest BCUT2D eigenvalue weighted by Gasteiger charge is -2.39. The molecule has 2 saturated carbocycles. The summed E-state index contributed by atoms with van der Waals surface area (Å²) in [5, 5.41) is 0. The van der Waals surface area contributed by atoms with E-state index in [0.717, 1.165) is 62.7 Å². The summed E-state index contributed by atoms with van der Waals surface area (Å²) in [5.74, 6) is 1.04. The Hall–Kier alpha value is -0.626. The molecule has 31 heavy (non-hydrogen) atoms. The van der Waals surface area contributed by atoms with E-state index in [9.17, 15) is 9.59 Å². The van der Waals surface area contributed by atoms with Crippen LogP contribution in [0.5, 0.6) is 0 Å². The molecule has 0 radical (unpaired) electrons. The summed E-state index contributed by atoms with van der Waals surface area (Å²) in [5.41, 5.74) is 1.73. The van der Waals surface area contributed by atoms with Gasteiger partial charge < -0.3 is 9.80 Å². The maximum absolute atomic E-state index is 13.4. The molecule has 3 fully saturated rings. The molecule has 0 bridgehead atoms. The van der Waals surface area contributed by atoms with Crippen LogP contribution in [0.15, 0.2) is 0 Å². The lowest BCUT2D eigenvalue weighted by atomic mass is 9.87. The Balaban J connectivity index is 1.55. The highest BCUT2D eigenvalue weighted by molar-refractivity contribution is 6.77. The van der Waals surface area contributed by atoms with E-state index in [1.807, 2.05) is 9.80 Å². The third-order valence-electron chi connectivity index (χ3n) is 8.67. The molecule has 0 aromatic heterocycles. The molecular weight excluding hydrogens is 416 g/mol. The van der Waals surface area contributed by atoms with E-state index in [-0.39, 0.29) is 11.8 Å². The lowest BCUT2D eigenvalue weighted by Crippen LogP contribution is -2.48. The highest BCUT2D eigenvalue weighted by Crippen LogP contribution is 2.41. The van der Waals surface area contributed by atoms with Crippen molar-refractivity contribution in [3.05, 3.63) is 0 Å². The Morgan fingerprint density at radius 3 is 1.19 bits per heavy atom. The topological polar surface area (TPSA) is 40.6 Å². The van der Waals surface area contributed by atoms with Crippen molar-refractivity contribution >= 4 is 28.0 Å². The SMILES string of the molecule is C[Si](C)(C)C1CCC(C(=O)N2CCCCN(C(=O)C3CCC([Si](C)(C)C)CC3)C2)CC1. The predicted molar refractivity (Wildman–Crippen MR) is 136 cm³/mol. The van der Waals surface area contributed by atoms with Crippen LogP contribution in [0.2, 0.25) is 50.4 Å². The Morgan fingerprint density at radius 1 is 0.581 bits per heavy atom. The fourth-order valence-electron chi connectivity index (χ4n) is 6.24. The normalized spacial score (nSPS) is 31.3. The van der Waals surface area contributed by atoms with Gasteiger partial charge in [0.05, 0.1) is 6.67 Å². The average Bonchev–Trinajstić information content (AvgIpc) is 2.98. The molecule has 1 saturated heterocycles. The third-order valence-corrected chi connectivity index (χ3v) is 14.7. The van der Waals surface area contributed by atoms with Crippen LogP contribution in [0.25, 0.3) is 0 Å². The Bertz CT molecular complexity index is 570. The number of rotatable bonds is 4. The van der Waals surface area contributed by atoms with E-state index >= 15 is 0 Å². The summed E-state index contributed by atoms with van der Waals surface area (Å²) in [7, 11) is -2.21. The molecule has 0 aromatic rings. The summed E-state index contributed by atoms with van der Waals surface area (Å²) in [6.45, 7) is 17.0. The maximum Gasteiger partial charge on any atom is 0.227 e. The van der Waals surface area contributed by atoms with E-state index < -0.39 is 16.1 Å². The smallest absolute Gasteiger partial charge is 0.227 e. The van der Waals surface area contributed by atoms with Crippen molar-refractivity contribution < 1.29 is 9.59 Å². The monoisotopic (exact) mass is 464 g/mol. The molecule has 0 aromatic carbocycles. The van der Waals surface area contributed by atoms with Gasteiger partial charge in [0, 0.05) is 41.1 Å². The summed E-state index contributed by atoms with van der Waals surface area (Å²) in [6, 6.07) is 0. The molecule has 0 N–H and O–H groups in total. The third kappa shape index (κ3) is 6.46. The number of carbonyl (C=O) groups excluding carboxylic acids is 2. The predicted octanol–water partition coefficient (Wildman–Crippen LogP) is 6.19. The zero-order chi connectivity index (χ0) is 22.8. The van der Waals surface area contributed by atoms with E-state index in [1.165, 1.54) is 25.7 Å². The van der Waals surface area contributed by atoms with Gasteiger partial charge in [-0.05, 0) is 49.6 Å². The first-order valence-electron chi connectivity index (χ1n) is 13.0. The molecule has 3 aliphatic rings. The van der Waals surface area contributed by atoms with Gasteiger partial charge in [0.15, 0.2) is 0 Å². The standard InChI is InChI=1S/C25H48N2O2Si2/c1-30(2,3)22-13-9-20(10-14-22)24(28)26-17-7-8-18-27(19-26)25(29)21-11-15-23(16-12-21)31(4,5)6/h20-23H,7-19H2,1-6H3. The number of hydrogen-bond donors (Lipinski definition) is 0. The molecular formula is C25H48N2O2Si2. The Morgan fingerprint density at radius 2 is 0.903 bits per heavy atom. The van der Waals surface area contributed by atoms with Crippen LogP contribution >= 0.6 is 0 Å². The number of nitrogens with zero attached hydrogens (tertiary/aromatic N) is 2. The summed E-state index contributed by atoms with van der Waals surface area (Å²) >= 11 is 0. The first-order valence-corrected chi connectivity index (χ1v) is 20.2. The summed E-state index contributed by atoms with van der Waals surface area (Å²) in [4.78, 5) is 30.8. The van der Waals surface area contributed by atoms with Crippen molar-refractivity contribution in [1.29, 1.82) is 0 Å². The zero-order valence-electron chi connectivity index (χ0n) is 21.2. The highest BCUT2D eigenvalue weighted by atomic mass is 28.3. The molecule has 6 heteroatoms. The largest absolute Gasteiger partial charge is 0.325 e. The first kappa shape index (κ1) is 25.0. The van der Waals surface area contributed by atoms with Gasteiger partial charge in [0.25, 0.3) is 0 Å². The van der Waals surface area contributed by atoms with Crippen molar-refractivity contribution in [3.63, 3.8) is 0 Å². The molecule has 2 aliphatic carbocycles. The van der Waals surface area contributed by atoms with Crippen molar-refractivity contribution in [2.24, 2.45) is 11.8 Å². The number of carbonyl (C=O) groups is 2. The summed E-state index contributed by atoms with van der Waals surface area (Å²) in [6.07, 6.45) is 11.2. The fraction of sp³-hybridized carbons (Fsp3) is 0.920. The number of hydrogen-bond acceptors (Lipinski definition) is 2. The molecule has 3 rings (SSSR count). The molecule has 178 valence electrons. The number of amides is 2. The molecule has 1 aliphatic heterocycles. The van der Waals surface area contributed by atoms with Gasteiger partial charge in [-0.15, -0.1) is 0 Å². The minimum atomic E-state index is -1.11.